The smallest absolute Gasteiger partial charge is 0.301 e. The highest BCUT2D eigenvalue weighted by atomic mass is 79.9. The van der Waals surface area contributed by atoms with Crippen molar-refractivity contribution in [3.05, 3.63) is 67.4 Å². The monoisotopic (exact) mass is 336 g/mol. The van der Waals surface area contributed by atoms with Crippen LogP contribution < -0.4 is 11.2 Å². The van der Waals surface area contributed by atoms with Crippen molar-refractivity contribution in [2.24, 2.45) is 0 Å². The molecule has 0 spiro atoms. The standard InChI is InChI=1S/C14H13BrN2O3/c1-2-16-7-6-13(19)17(14(16)20)9-12(18)10-4-3-5-11(15)8-10/h3-8H,2,9H2,1H3. The van der Waals surface area contributed by atoms with Crippen molar-refractivity contribution >= 4 is 21.7 Å². The lowest BCUT2D eigenvalue weighted by atomic mass is 10.1. The summed E-state index contributed by atoms with van der Waals surface area (Å²) in [5.41, 5.74) is -0.482. The quantitative estimate of drug-likeness (QED) is 0.798. The van der Waals surface area contributed by atoms with Gasteiger partial charge in [-0.25, -0.2) is 4.79 Å². The summed E-state index contributed by atoms with van der Waals surface area (Å²) in [6.07, 6.45) is 1.44. The number of hydrogen-bond donors (Lipinski definition) is 0. The van der Waals surface area contributed by atoms with Gasteiger partial charge >= 0.3 is 5.69 Å². The summed E-state index contributed by atoms with van der Waals surface area (Å²) in [7, 11) is 0. The maximum absolute atomic E-state index is 12.1. The zero-order valence-corrected chi connectivity index (χ0v) is 12.5. The van der Waals surface area contributed by atoms with Crippen molar-refractivity contribution in [2.45, 2.75) is 20.0 Å². The van der Waals surface area contributed by atoms with Crippen LogP contribution in [0.5, 0.6) is 0 Å². The second kappa shape index (κ2) is 6.00. The van der Waals surface area contributed by atoms with Crippen molar-refractivity contribution in [1.29, 1.82) is 0 Å². The molecule has 0 radical (unpaired) electrons. The third kappa shape index (κ3) is 2.96. The Morgan fingerprint density at radius 1 is 1.25 bits per heavy atom. The van der Waals surface area contributed by atoms with Crippen LogP contribution in [0.25, 0.3) is 0 Å². The highest BCUT2D eigenvalue weighted by Gasteiger charge is 2.11. The van der Waals surface area contributed by atoms with Crippen LogP contribution >= 0.6 is 15.9 Å². The molecule has 5 nitrogen and oxygen atoms in total. The summed E-state index contributed by atoms with van der Waals surface area (Å²) in [6, 6.07) is 8.14. The summed E-state index contributed by atoms with van der Waals surface area (Å²) < 4.78 is 3.11. The van der Waals surface area contributed by atoms with Crippen molar-refractivity contribution in [3.8, 4) is 0 Å². The first kappa shape index (κ1) is 14.5. The van der Waals surface area contributed by atoms with Gasteiger partial charge in [0.2, 0.25) is 0 Å². The van der Waals surface area contributed by atoms with E-state index in [1.165, 1.54) is 16.8 Å². The molecular weight excluding hydrogens is 324 g/mol. The lowest BCUT2D eigenvalue weighted by molar-refractivity contribution is 0.0968. The topological polar surface area (TPSA) is 61.1 Å². The first-order valence-corrected chi connectivity index (χ1v) is 6.91. The van der Waals surface area contributed by atoms with Crippen LogP contribution in [0, 0.1) is 0 Å². The number of halogens is 1. The second-order valence-corrected chi connectivity index (χ2v) is 5.16. The highest BCUT2D eigenvalue weighted by molar-refractivity contribution is 9.10. The molecule has 0 aliphatic rings. The van der Waals surface area contributed by atoms with Gasteiger partial charge in [0.25, 0.3) is 5.56 Å². The van der Waals surface area contributed by atoms with Crippen LogP contribution in [0.15, 0.2) is 50.6 Å². The molecule has 2 rings (SSSR count). The van der Waals surface area contributed by atoms with Gasteiger partial charge in [-0.15, -0.1) is 0 Å². The van der Waals surface area contributed by atoms with E-state index >= 15 is 0 Å². The summed E-state index contributed by atoms with van der Waals surface area (Å²) in [5, 5.41) is 0. The molecule has 1 heterocycles. The molecular formula is C14H13BrN2O3. The van der Waals surface area contributed by atoms with Crippen molar-refractivity contribution < 1.29 is 4.79 Å². The average Bonchev–Trinajstić information content (AvgIpc) is 2.43. The fourth-order valence-corrected chi connectivity index (χ4v) is 2.24. The Morgan fingerprint density at radius 2 is 2.00 bits per heavy atom. The average molecular weight is 337 g/mol. The summed E-state index contributed by atoms with van der Waals surface area (Å²) in [4.78, 5) is 35.9. The molecule has 0 amide bonds. The number of ketones is 1. The van der Waals surface area contributed by atoms with Gasteiger partial charge in [0.1, 0.15) is 0 Å². The number of Topliss-reactive ketones (excluding diaryl/α,β-unsaturated/α-hetero) is 1. The number of carbonyl (C=O) groups excluding carboxylic acids is 1. The molecule has 6 heteroatoms. The molecule has 0 saturated heterocycles. The number of hydrogen-bond acceptors (Lipinski definition) is 3. The fraction of sp³-hybridized carbons (Fsp3) is 0.214. The van der Waals surface area contributed by atoms with E-state index in [1.807, 2.05) is 0 Å². The van der Waals surface area contributed by atoms with Gasteiger partial charge in [0, 0.05) is 28.8 Å². The summed E-state index contributed by atoms with van der Waals surface area (Å²) >= 11 is 3.28. The molecule has 0 saturated carbocycles. The van der Waals surface area contributed by atoms with E-state index in [1.54, 1.807) is 31.2 Å². The molecule has 0 aliphatic heterocycles. The molecule has 1 aromatic heterocycles. The van der Waals surface area contributed by atoms with Crippen LogP contribution in [0.1, 0.15) is 17.3 Å². The van der Waals surface area contributed by atoms with Gasteiger partial charge in [0.05, 0.1) is 6.54 Å². The molecule has 0 bridgehead atoms. The van der Waals surface area contributed by atoms with E-state index in [4.69, 9.17) is 0 Å². The maximum atomic E-state index is 12.1. The molecule has 0 aliphatic carbocycles. The Balaban J connectivity index is 2.38. The molecule has 1 aromatic carbocycles. The summed E-state index contributed by atoms with van der Waals surface area (Å²) in [6.45, 7) is 1.99. The number of rotatable bonds is 4. The van der Waals surface area contributed by atoms with Crippen molar-refractivity contribution in [2.75, 3.05) is 0 Å². The molecule has 0 unspecified atom stereocenters. The minimum atomic E-state index is -0.469. The van der Waals surface area contributed by atoms with Gasteiger partial charge in [-0.2, -0.15) is 0 Å². The van der Waals surface area contributed by atoms with E-state index in [-0.39, 0.29) is 12.3 Å². The lowest BCUT2D eigenvalue weighted by Gasteiger charge is -2.07. The van der Waals surface area contributed by atoms with E-state index in [0.717, 1.165) is 9.04 Å². The number of nitrogens with zero attached hydrogens (tertiary/aromatic N) is 2. The number of benzene rings is 1. The van der Waals surface area contributed by atoms with Crippen LogP contribution in [-0.2, 0) is 13.1 Å². The lowest BCUT2D eigenvalue weighted by Crippen LogP contribution is -2.40. The first-order valence-electron chi connectivity index (χ1n) is 6.12. The molecule has 20 heavy (non-hydrogen) atoms. The van der Waals surface area contributed by atoms with E-state index in [9.17, 15) is 14.4 Å². The van der Waals surface area contributed by atoms with E-state index < -0.39 is 11.2 Å². The van der Waals surface area contributed by atoms with Crippen LogP contribution in [0.4, 0.5) is 0 Å². The summed E-state index contributed by atoms with van der Waals surface area (Å²) in [5.74, 6) is -0.278. The van der Waals surface area contributed by atoms with E-state index in [2.05, 4.69) is 15.9 Å². The van der Waals surface area contributed by atoms with Gasteiger partial charge in [-0.1, -0.05) is 28.1 Å². The van der Waals surface area contributed by atoms with Crippen LogP contribution in [0.3, 0.4) is 0 Å². The zero-order chi connectivity index (χ0) is 14.7. The van der Waals surface area contributed by atoms with Gasteiger partial charge in [0.15, 0.2) is 5.78 Å². The molecule has 0 N–H and O–H groups in total. The number of aryl methyl sites for hydroxylation is 1. The number of carbonyl (C=O) groups is 1. The Kier molecular flexibility index (Phi) is 4.34. The predicted octanol–water partition coefficient (Wildman–Crippen LogP) is 1.68. The Morgan fingerprint density at radius 3 is 2.65 bits per heavy atom. The predicted molar refractivity (Wildman–Crippen MR) is 79.1 cm³/mol. The molecule has 0 fully saturated rings. The van der Waals surface area contributed by atoms with Crippen LogP contribution in [0.2, 0.25) is 0 Å². The second-order valence-electron chi connectivity index (χ2n) is 4.24. The molecule has 2 aromatic rings. The maximum Gasteiger partial charge on any atom is 0.331 e. The van der Waals surface area contributed by atoms with Crippen molar-refractivity contribution in [1.82, 2.24) is 9.13 Å². The Bertz CT molecular complexity index is 761. The van der Waals surface area contributed by atoms with Gasteiger partial charge < -0.3 is 4.57 Å². The fourth-order valence-electron chi connectivity index (χ4n) is 1.84. The first-order chi connectivity index (χ1) is 9.52. The largest absolute Gasteiger partial charge is 0.331 e. The minimum Gasteiger partial charge on any atom is -0.301 e. The third-order valence-electron chi connectivity index (χ3n) is 2.93. The van der Waals surface area contributed by atoms with E-state index in [0.29, 0.717) is 12.1 Å². The highest BCUT2D eigenvalue weighted by Crippen LogP contribution is 2.12. The molecule has 104 valence electrons. The van der Waals surface area contributed by atoms with Crippen LogP contribution in [-0.4, -0.2) is 14.9 Å². The molecule has 0 atom stereocenters. The SMILES string of the molecule is CCn1ccc(=O)n(CC(=O)c2cccc(Br)c2)c1=O. The normalized spacial score (nSPS) is 10.5. The van der Waals surface area contributed by atoms with Gasteiger partial charge in [-0.05, 0) is 19.1 Å². The zero-order valence-electron chi connectivity index (χ0n) is 10.9. The van der Waals surface area contributed by atoms with Crippen molar-refractivity contribution in [3.63, 3.8) is 0 Å². The number of aromatic nitrogens is 2. The third-order valence-corrected chi connectivity index (χ3v) is 3.42. The minimum absolute atomic E-state index is 0.255. The Labute approximate surface area is 123 Å². The Hall–Kier alpha value is -1.95. The van der Waals surface area contributed by atoms with Gasteiger partial charge in [-0.3, -0.25) is 14.2 Å².